The molecule has 3 heteroatoms. The zero-order valence-electron chi connectivity index (χ0n) is 18.9. The third-order valence-corrected chi connectivity index (χ3v) is 5.75. The number of aryl methyl sites for hydroxylation is 5. The highest BCUT2D eigenvalue weighted by Crippen LogP contribution is 2.36. The molecule has 0 fully saturated rings. The summed E-state index contributed by atoms with van der Waals surface area (Å²) in [4.78, 5) is 7.64. The number of aromatic nitrogens is 2. The van der Waals surface area contributed by atoms with E-state index in [0.717, 1.165) is 37.3 Å². The van der Waals surface area contributed by atoms with Crippen LogP contribution in [-0.4, -0.2) is 22.6 Å². The summed E-state index contributed by atoms with van der Waals surface area (Å²) in [6.07, 6.45) is 2.30. The summed E-state index contributed by atoms with van der Waals surface area (Å²) in [5, 5.41) is 1.28. The standard InChI is InChI=1S/C25H35N3/c1-9-11-27(12-10-2)24-20(7)21(8)26-25-22(24)15-19(6)28(25)23-17(4)13-16(3)14-18(23)5/h13-15H,9-12H2,1-8H3. The molecular weight excluding hydrogens is 342 g/mol. The van der Waals surface area contributed by atoms with Gasteiger partial charge in [-0.05, 0) is 77.1 Å². The van der Waals surface area contributed by atoms with E-state index in [1.807, 2.05) is 0 Å². The number of hydrogen-bond donors (Lipinski definition) is 0. The van der Waals surface area contributed by atoms with Crippen LogP contribution in [0.5, 0.6) is 0 Å². The van der Waals surface area contributed by atoms with Crippen LogP contribution in [0.15, 0.2) is 18.2 Å². The average molecular weight is 378 g/mol. The van der Waals surface area contributed by atoms with Crippen LogP contribution in [0.2, 0.25) is 0 Å². The van der Waals surface area contributed by atoms with E-state index in [9.17, 15) is 0 Å². The minimum absolute atomic E-state index is 1.08. The van der Waals surface area contributed by atoms with E-state index in [2.05, 4.69) is 83.1 Å². The Morgan fingerprint density at radius 3 is 1.96 bits per heavy atom. The van der Waals surface area contributed by atoms with Crippen molar-refractivity contribution in [2.45, 2.75) is 68.2 Å². The van der Waals surface area contributed by atoms with Crippen LogP contribution < -0.4 is 4.90 Å². The van der Waals surface area contributed by atoms with E-state index in [1.54, 1.807) is 0 Å². The number of nitrogens with zero attached hydrogens (tertiary/aromatic N) is 3. The molecule has 0 aliphatic heterocycles. The number of benzene rings is 1. The van der Waals surface area contributed by atoms with Crippen molar-refractivity contribution in [2.24, 2.45) is 0 Å². The fourth-order valence-corrected chi connectivity index (χ4v) is 4.62. The molecule has 0 unspecified atom stereocenters. The van der Waals surface area contributed by atoms with Crippen LogP contribution in [0, 0.1) is 41.5 Å². The van der Waals surface area contributed by atoms with Crippen molar-refractivity contribution in [3.05, 3.63) is 51.8 Å². The average Bonchev–Trinajstić information content (AvgIpc) is 2.91. The molecule has 0 saturated heterocycles. The zero-order chi connectivity index (χ0) is 20.6. The van der Waals surface area contributed by atoms with Gasteiger partial charge in [-0.2, -0.15) is 0 Å². The predicted octanol–water partition coefficient (Wildman–Crippen LogP) is 6.50. The maximum atomic E-state index is 5.08. The van der Waals surface area contributed by atoms with E-state index >= 15 is 0 Å². The van der Waals surface area contributed by atoms with E-state index in [0.29, 0.717) is 0 Å². The lowest BCUT2D eigenvalue weighted by atomic mass is 10.0. The highest BCUT2D eigenvalue weighted by Gasteiger charge is 2.21. The van der Waals surface area contributed by atoms with Crippen LogP contribution in [0.3, 0.4) is 0 Å². The molecule has 2 aromatic heterocycles. The first-order valence-electron chi connectivity index (χ1n) is 10.6. The minimum Gasteiger partial charge on any atom is -0.371 e. The van der Waals surface area contributed by atoms with E-state index in [-0.39, 0.29) is 0 Å². The smallest absolute Gasteiger partial charge is 0.147 e. The maximum Gasteiger partial charge on any atom is 0.147 e. The largest absolute Gasteiger partial charge is 0.371 e. The van der Waals surface area contributed by atoms with Crippen LogP contribution in [0.1, 0.15) is 60.3 Å². The number of rotatable bonds is 6. The fourth-order valence-electron chi connectivity index (χ4n) is 4.62. The van der Waals surface area contributed by atoms with Crippen molar-refractivity contribution in [1.29, 1.82) is 0 Å². The molecule has 150 valence electrons. The molecular formula is C25H35N3. The summed E-state index contributed by atoms with van der Waals surface area (Å²) in [6.45, 7) is 19.9. The molecule has 0 bridgehead atoms. The molecule has 0 N–H and O–H groups in total. The fraction of sp³-hybridized carbons (Fsp3) is 0.480. The van der Waals surface area contributed by atoms with Crippen molar-refractivity contribution in [3.63, 3.8) is 0 Å². The lowest BCUT2D eigenvalue weighted by molar-refractivity contribution is 0.744. The van der Waals surface area contributed by atoms with Crippen molar-refractivity contribution >= 4 is 16.7 Å². The van der Waals surface area contributed by atoms with Crippen molar-refractivity contribution < 1.29 is 0 Å². The molecule has 0 spiro atoms. The Balaban J connectivity index is 2.36. The van der Waals surface area contributed by atoms with Gasteiger partial charge >= 0.3 is 0 Å². The summed E-state index contributed by atoms with van der Waals surface area (Å²) >= 11 is 0. The number of anilines is 1. The summed E-state index contributed by atoms with van der Waals surface area (Å²) in [5.41, 5.74) is 11.3. The maximum absolute atomic E-state index is 5.08. The van der Waals surface area contributed by atoms with Crippen molar-refractivity contribution in [3.8, 4) is 5.69 Å². The molecule has 1 aromatic carbocycles. The molecule has 3 rings (SSSR count). The Labute approximate surface area is 170 Å². The van der Waals surface area contributed by atoms with Crippen LogP contribution >= 0.6 is 0 Å². The monoisotopic (exact) mass is 377 g/mol. The van der Waals surface area contributed by atoms with E-state index in [1.165, 1.54) is 44.7 Å². The van der Waals surface area contributed by atoms with E-state index in [4.69, 9.17) is 4.98 Å². The van der Waals surface area contributed by atoms with Gasteiger partial charge in [-0.1, -0.05) is 31.5 Å². The van der Waals surface area contributed by atoms with Gasteiger partial charge in [-0.15, -0.1) is 0 Å². The lowest BCUT2D eigenvalue weighted by Crippen LogP contribution is -2.26. The van der Waals surface area contributed by atoms with Gasteiger partial charge < -0.3 is 4.90 Å². The molecule has 2 heterocycles. The summed E-state index contributed by atoms with van der Waals surface area (Å²) < 4.78 is 2.37. The molecule has 0 aliphatic rings. The van der Waals surface area contributed by atoms with Crippen LogP contribution in [0.25, 0.3) is 16.7 Å². The zero-order valence-corrected chi connectivity index (χ0v) is 18.9. The Morgan fingerprint density at radius 1 is 0.857 bits per heavy atom. The Kier molecular flexibility index (Phi) is 5.83. The topological polar surface area (TPSA) is 21.1 Å². The second kappa shape index (κ2) is 7.98. The minimum atomic E-state index is 1.08. The molecule has 0 atom stereocenters. The normalized spacial score (nSPS) is 11.4. The molecule has 28 heavy (non-hydrogen) atoms. The van der Waals surface area contributed by atoms with Gasteiger partial charge in [0.15, 0.2) is 0 Å². The summed E-state index contributed by atoms with van der Waals surface area (Å²) in [6, 6.07) is 6.88. The Bertz CT molecular complexity index is 982. The summed E-state index contributed by atoms with van der Waals surface area (Å²) in [7, 11) is 0. The van der Waals surface area contributed by atoms with Gasteiger partial charge in [0.2, 0.25) is 0 Å². The van der Waals surface area contributed by atoms with Crippen LogP contribution in [-0.2, 0) is 0 Å². The Morgan fingerprint density at radius 2 is 1.43 bits per heavy atom. The highest BCUT2D eigenvalue weighted by atomic mass is 15.1. The highest BCUT2D eigenvalue weighted by molar-refractivity contribution is 5.94. The SMILES string of the molecule is CCCN(CCC)c1c(C)c(C)nc2c1cc(C)n2-c1c(C)cc(C)cc1C. The molecule has 0 saturated carbocycles. The third-order valence-electron chi connectivity index (χ3n) is 5.75. The van der Waals surface area contributed by atoms with Crippen molar-refractivity contribution in [1.82, 2.24) is 9.55 Å². The van der Waals surface area contributed by atoms with Gasteiger partial charge in [0, 0.05) is 29.9 Å². The Hall–Kier alpha value is -2.29. The third kappa shape index (κ3) is 3.43. The van der Waals surface area contributed by atoms with Gasteiger partial charge in [-0.25, -0.2) is 4.98 Å². The quantitative estimate of drug-likeness (QED) is 0.489. The first-order valence-corrected chi connectivity index (χ1v) is 10.6. The van der Waals surface area contributed by atoms with Gasteiger partial charge in [0.05, 0.1) is 11.4 Å². The first-order chi connectivity index (χ1) is 13.3. The second-order valence-corrected chi connectivity index (χ2v) is 8.26. The summed E-state index contributed by atoms with van der Waals surface area (Å²) in [5.74, 6) is 0. The van der Waals surface area contributed by atoms with Gasteiger partial charge in [0.25, 0.3) is 0 Å². The second-order valence-electron chi connectivity index (χ2n) is 8.26. The number of pyridine rings is 1. The molecule has 3 aromatic rings. The molecule has 0 amide bonds. The molecule has 3 nitrogen and oxygen atoms in total. The lowest BCUT2D eigenvalue weighted by Gasteiger charge is -2.27. The number of hydrogen-bond acceptors (Lipinski definition) is 2. The van der Waals surface area contributed by atoms with E-state index < -0.39 is 0 Å². The number of fused-ring (bicyclic) bond motifs is 1. The predicted molar refractivity (Wildman–Crippen MR) is 122 cm³/mol. The van der Waals surface area contributed by atoms with Gasteiger partial charge in [0.1, 0.15) is 5.65 Å². The molecule has 0 radical (unpaired) electrons. The van der Waals surface area contributed by atoms with Crippen molar-refractivity contribution in [2.75, 3.05) is 18.0 Å². The first kappa shape index (κ1) is 20.4. The van der Waals surface area contributed by atoms with Crippen LogP contribution in [0.4, 0.5) is 5.69 Å². The molecule has 0 aliphatic carbocycles. The van der Waals surface area contributed by atoms with Gasteiger partial charge in [-0.3, -0.25) is 4.57 Å².